The van der Waals surface area contributed by atoms with Gasteiger partial charge < -0.3 is 15.5 Å². The number of carbonyl (C=O) groups is 1. The highest BCUT2D eigenvalue weighted by atomic mass is 16.2. The molecule has 4 nitrogen and oxygen atoms in total. The maximum atomic E-state index is 12.6. The van der Waals surface area contributed by atoms with Crippen molar-refractivity contribution < 1.29 is 4.79 Å². The number of rotatable bonds is 3. The van der Waals surface area contributed by atoms with Crippen LogP contribution in [-0.4, -0.2) is 42.0 Å². The van der Waals surface area contributed by atoms with Gasteiger partial charge in [0.15, 0.2) is 0 Å². The highest BCUT2D eigenvalue weighted by Gasteiger charge is 2.28. The van der Waals surface area contributed by atoms with Gasteiger partial charge in [-0.1, -0.05) is 18.2 Å². The third kappa shape index (κ3) is 3.52. The fraction of sp³-hybridized carbons (Fsp3) is 0.632. The van der Waals surface area contributed by atoms with Crippen molar-refractivity contribution >= 4 is 11.6 Å². The molecule has 23 heavy (non-hydrogen) atoms. The number of hydrogen-bond acceptors (Lipinski definition) is 3. The summed E-state index contributed by atoms with van der Waals surface area (Å²) in [4.78, 5) is 17.1. The minimum atomic E-state index is 0.253. The highest BCUT2D eigenvalue weighted by molar-refractivity contribution is 5.77. The molecule has 0 bridgehead atoms. The number of para-hydroxylation sites is 1. The van der Waals surface area contributed by atoms with E-state index < -0.39 is 0 Å². The molecule has 4 heteroatoms. The van der Waals surface area contributed by atoms with Crippen LogP contribution in [0.1, 0.15) is 45.1 Å². The highest BCUT2D eigenvalue weighted by Crippen LogP contribution is 2.30. The van der Waals surface area contributed by atoms with Crippen molar-refractivity contribution in [1.29, 1.82) is 0 Å². The van der Waals surface area contributed by atoms with Crippen molar-refractivity contribution in [3.63, 3.8) is 0 Å². The summed E-state index contributed by atoms with van der Waals surface area (Å²) in [7, 11) is 0. The second-order valence-electron chi connectivity index (χ2n) is 7.18. The van der Waals surface area contributed by atoms with Crippen LogP contribution in [0.2, 0.25) is 0 Å². The van der Waals surface area contributed by atoms with Crippen LogP contribution in [0.15, 0.2) is 24.3 Å². The van der Waals surface area contributed by atoms with Crippen molar-refractivity contribution in [2.45, 2.75) is 64.1 Å². The molecule has 0 saturated carbocycles. The molecule has 0 spiro atoms. The predicted octanol–water partition coefficient (Wildman–Crippen LogP) is 2.56. The Morgan fingerprint density at radius 2 is 2.00 bits per heavy atom. The number of hydrogen-bond donors (Lipinski definition) is 1. The second kappa shape index (κ2) is 6.91. The fourth-order valence-corrected chi connectivity index (χ4v) is 4.04. The van der Waals surface area contributed by atoms with E-state index in [0.29, 0.717) is 12.5 Å². The van der Waals surface area contributed by atoms with Crippen LogP contribution in [0, 0.1) is 0 Å². The van der Waals surface area contributed by atoms with Crippen molar-refractivity contribution in [2.75, 3.05) is 18.0 Å². The predicted molar refractivity (Wildman–Crippen MR) is 94.6 cm³/mol. The van der Waals surface area contributed by atoms with Crippen molar-refractivity contribution in [3.8, 4) is 0 Å². The molecule has 0 radical (unpaired) electrons. The van der Waals surface area contributed by atoms with Gasteiger partial charge in [0.2, 0.25) is 5.91 Å². The van der Waals surface area contributed by atoms with E-state index in [0.717, 1.165) is 32.4 Å². The fourth-order valence-electron chi connectivity index (χ4n) is 4.04. The maximum absolute atomic E-state index is 12.6. The Kier molecular flexibility index (Phi) is 4.90. The molecule has 1 fully saturated rings. The average Bonchev–Trinajstić information content (AvgIpc) is 2.53. The number of piperidine rings is 1. The zero-order valence-electron chi connectivity index (χ0n) is 14.4. The number of anilines is 1. The molecule has 2 aliphatic heterocycles. The SMILES string of the molecule is CC1CC(N)CCN1C(=O)CCN1c2ccccc2CCC1C. The minimum Gasteiger partial charge on any atom is -0.368 e. The molecule has 1 saturated heterocycles. The van der Waals surface area contributed by atoms with Crippen LogP contribution in [-0.2, 0) is 11.2 Å². The number of amides is 1. The third-order valence-corrected chi connectivity index (χ3v) is 5.47. The van der Waals surface area contributed by atoms with Gasteiger partial charge in [0.1, 0.15) is 0 Å². The molecule has 0 aliphatic carbocycles. The first-order chi connectivity index (χ1) is 11.1. The molecule has 3 unspecified atom stereocenters. The topological polar surface area (TPSA) is 49.6 Å². The molecule has 2 heterocycles. The summed E-state index contributed by atoms with van der Waals surface area (Å²) in [5, 5.41) is 0. The minimum absolute atomic E-state index is 0.253. The molecule has 3 rings (SSSR count). The van der Waals surface area contributed by atoms with E-state index in [9.17, 15) is 4.79 Å². The van der Waals surface area contributed by atoms with Gasteiger partial charge in [0, 0.05) is 43.3 Å². The molecular weight excluding hydrogens is 286 g/mol. The number of fused-ring (bicyclic) bond motifs is 1. The van der Waals surface area contributed by atoms with Gasteiger partial charge in [0.25, 0.3) is 0 Å². The van der Waals surface area contributed by atoms with Gasteiger partial charge in [-0.3, -0.25) is 4.79 Å². The number of nitrogens with zero attached hydrogens (tertiary/aromatic N) is 2. The molecule has 0 aromatic heterocycles. The van der Waals surface area contributed by atoms with E-state index in [4.69, 9.17) is 5.73 Å². The van der Waals surface area contributed by atoms with E-state index in [1.807, 2.05) is 4.90 Å². The average molecular weight is 315 g/mol. The molecule has 2 aliphatic rings. The first-order valence-electron chi connectivity index (χ1n) is 8.96. The van der Waals surface area contributed by atoms with Crippen LogP contribution < -0.4 is 10.6 Å². The first kappa shape index (κ1) is 16.3. The van der Waals surface area contributed by atoms with E-state index in [-0.39, 0.29) is 18.0 Å². The smallest absolute Gasteiger partial charge is 0.224 e. The molecule has 2 N–H and O–H groups in total. The van der Waals surface area contributed by atoms with E-state index in [1.165, 1.54) is 17.7 Å². The molecule has 126 valence electrons. The van der Waals surface area contributed by atoms with Crippen molar-refractivity contribution in [2.24, 2.45) is 5.73 Å². The van der Waals surface area contributed by atoms with Crippen LogP contribution in [0.4, 0.5) is 5.69 Å². The monoisotopic (exact) mass is 315 g/mol. The Balaban J connectivity index is 1.63. The summed E-state index contributed by atoms with van der Waals surface area (Å²) in [6, 6.07) is 9.64. The molecule has 1 amide bonds. The summed E-state index contributed by atoms with van der Waals surface area (Å²) in [5.74, 6) is 0.277. The van der Waals surface area contributed by atoms with Crippen LogP contribution in [0.3, 0.4) is 0 Å². The molecule has 3 atom stereocenters. The van der Waals surface area contributed by atoms with Crippen LogP contribution in [0.25, 0.3) is 0 Å². The van der Waals surface area contributed by atoms with Crippen molar-refractivity contribution in [1.82, 2.24) is 4.90 Å². The summed E-state index contributed by atoms with van der Waals surface area (Å²) in [6.07, 6.45) is 4.76. The molecule has 1 aromatic carbocycles. The Morgan fingerprint density at radius 3 is 2.78 bits per heavy atom. The third-order valence-electron chi connectivity index (χ3n) is 5.47. The normalized spacial score (nSPS) is 27.7. The Hall–Kier alpha value is -1.55. The Bertz CT molecular complexity index is 559. The lowest BCUT2D eigenvalue weighted by atomic mass is 9.96. The maximum Gasteiger partial charge on any atom is 0.224 e. The summed E-state index contributed by atoms with van der Waals surface area (Å²) < 4.78 is 0. The van der Waals surface area contributed by atoms with E-state index in [2.05, 4.69) is 43.0 Å². The van der Waals surface area contributed by atoms with Gasteiger partial charge in [-0.15, -0.1) is 0 Å². The van der Waals surface area contributed by atoms with Crippen molar-refractivity contribution in [3.05, 3.63) is 29.8 Å². The van der Waals surface area contributed by atoms with Gasteiger partial charge >= 0.3 is 0 Å². The lowest BCUT2D eigenvalue weighted by Crippen LogP contribution is -2.49. The summed E-state index contributed by atoms with van der Waals surface area (Å²) >= 11 is 0. The zero-order chi connectivity index (χ0) is 16.4. The first-order valence-corrected chi connectivity index (χ1v) is 8.96. The van der Waals surface area contributed by atoms with Crippen LogP contribution >= 0.6 is 0 Å². The quantitative estimate of drug-likeness (QED) is 0.932. The summed E-state index contributed by atoms with van der Waals surface area (Å²) in [5.41, 5.74) is 8.73. The standard InChI is InChI=1S/C19H29N3O/c1-14-7-8-16-5-3-4-6-18(16)21(14)12-10-19(23)22-11-9-17(20)13-15(22)2/h3-6,14-15,17H,7-13,20H2,1-2H3. The van der Waals surface area contributed by atoms with Gasteiger partial charge in [-0.2, -0.15) is 0 Å². The lowest BCUT2D eigenvalue weighted by molar-refractivity contribution is -0.134. The van der Waals surface area contributed by atoms with Crippen LogP contribution in [0.5, 0.6) is 0 Å². The van der Waals surface area contributed by atoms with Gasteiger partial charge in [-0.05, 0) is 51.2 Å². The number of likely N-dealkylation sites (tertiary alicyclic amines) is 1. The molecular formula is C19H29N3O. The second-order valence-corrected chi connectivity index (χ2v) is 7.18. The van der Waals surface area contributed by atoms with E-state index in [1.54, 1.807) is 0 Å². The Labute approximate surface area is 139 Å². The zero-order valence-corrected chi connectivity index (χ0v) is 14.4. The van der Waals surface area contributed by atoms with Gasteiger partial charge in [-0.25, -0.2) is 0 Å². The number of benzene rings is 1. The Morgan fingerprint density at radius 1 is 1.22 bits per heavy atom. The number of carbonyl (C=O) groups excluding carboxylic acids is 1. The largest absolute Gasteiger partial charge is 0.368 e. The number of nitrogens with two attached hydrogens (primary N) is 1. The lowest BCUT2D eigenvalue weighted by Gasteiger charge is -2.39. The van der Waals surface area contributed by atoms with Gasteiger partial charge in [0.05, 0.1) is 0 Å². The molecule has 1 aromatic rings. The summed E-state index contributed by atoms with van der Waals surface area (Å²) in [6.45, 7) is 6.01. The number of aryl methyl sites for hydroxylation is 1. The van der Waals surface area contributed by atoms with E-state index >= 15 is 0 Å².